The van der Waals surface area contributed by atoms with Crippen molar-refractivity contribution in [1.82, 2.24) is 4.98 Å². The molecule has 0 saturated carbocycles. The normalized spacial score (nSPS) is 11.3. The first-order valence-electron chi connectivity index (χ1n) is 9.72. The van der Waals surface area contributed by atoms with Gasteiger partial charge in [0, 0.05) is 5.56 Å². The second-order valence-electron chi connectivity index (χ2n) is 6.54. The van der Waals surface area contributed by atoms with E-state index in [0.29, 0.717) is 34.7 Å². The Bertz CT molecular complexity index is 1300. The zero-order valence-electron chi connectivity index (χ0n) is 16.7. The Labute approximate surface area is 178 Å². The van der Waals surface area contributed by atoms with Crippen molar-refractivity contribution in [2.24, 2.45) is 5.10 Å². The summed E-state index contributed by atoms with van der Waals surface area (Å²) in [5.41, 5.74) is 3.55. The first-order chi connectivity index (χ1) is 15.2. The van der Waals surface area contributed by atoms with E-state index in [1.165, 1.54) is 0 Å². The molecule has 31 heavy (non-hydrogen) atoms. The molecule has 0 fully saturated rings. The number of fused-ring (bicyclic) bond motifs is 1. The quantitative estimate of drug-likeness (QED) is 0.276. The lowest BCUT2D eigenvalue weighted by atomic mass is 10.0. The first kappa shape index (κ1) is 20.0. The van der Waals surface area contributed by atoms with Crippen LogP contribution in [0.5, 0.6) is 5.75 Å². The number of Topliss-reactive ketones (excluding diaryl/α,β-unsaturated/α-hetero) is 1. The monoisotopic (exact) mass is 413 g/mol. The van der Waals surface area contributed by atoms with Crippen molar-refractivity contribution in [3.05, 3.63) is 101 Å². The van der Waals surface area contributed by atoms with E-state index in [1.807, 2.05) is 25.1 Å². The van der Waals surface area contributed by atoms with Crippen LogP contribution in [0.3, 0.4) is 0 Å². The summed E-state index contributed by atoms with van der Waals surface area (Å²) in [4.78, 5) is 30.3. The number of ketones is 1. The smallest absolute Gasteiger partial charge is 0.364 e. The van der Waals surface area contributed by atoms with Crippen molar-refractivity contribution in [3.63, 3.8) is 0 Å². The number of hydrazone groups is 1. The van der Waals surface area contributed by atoms with Gasteiger partial charge in [-0.2, -0.15) is 5.10 Å². The minimum absolute atomic E-state index is 0.146. The molecular weight excluding hydrogens is 394 g/mol. The van der Waals surface area contributed by atoms with E-state index in [1.54, 1.807) is 60.7 Å². The molecule has 4 rings (SSSR count). The van der Waals surface area contributed by atoms with Crippen LogP contribution in [0, 0.1) is 0 Å². The molecule has 154 valence electrons. The number of nitrogens with zero attached hydrogens (tertiary/aromatic N) is 2. The fourth-order valence-electron chi connectivity index (χ4n) is 2.95. The van der Waals surface area contributed by atoms with Gasteiger partial charge in [-0.15, -0.1) is 0 Å². The van der Waals surface area contributed by atoms with Crippen LogP contribution < -0.4 is 15.8 Å². The van der Waals surface area contributed by atoms with E-state index in [-0.39, 0.29) is 11.4 Å². The number of ether oxygens (including phenoxy) is 1. The van der Waals surface area contributed by atoms with Gasteiger partial charge in [0.1, 0.15) is 11.3 Å². The number of hydrogen-bond donors (Lipinski definition) is 1. The molecule has 0 amide bonds. The lowest BCUT2D eigenvalue weighted by Gasteiger charge is -2.08. The van der Waals surface area contributed by atoms with E-state index < -0.39 is 11.4 Å². The van der Waals surface area contributed by atoms with Gasteiger partial charge >= 0.3 is 5.63 Å². The lowest BCUT2D eigenvalue weighted by molar-refractivity contribution is 0.106. The van der Waals surface area contributed by atoms with Crippen LogP contribution in [0.25, 0.3) is 11.1 Å². The number of para-hydroxylation sites is 3. The minimum atomic E-state index is -0.744. The number of hydrogen-bond acceptors (Lipinski definition) is 7. The summed E-state index contributed by atoms with van der Waals surface area (Å²) < 4.78 is 10.8. The molecule has 7 heteroatoms. The number of aromatic nitrogens is 1. The molecule has 0 saturated heterocycles. The van der Waals surface area contributed by atoms with Crippen LogP contribution in [-0.2, 0) is 0 Å². The van der Waals surface area contributed by atoms with Crippen molar-refractivity contribution < 1.29 is 13.9 Å². The van der Waals surface area contributed by atoms with Crippen LogP contribution in [0.4, 0.5) is 5.69 Å². The highest BCUT2D eigenvalue weighted by Gasteiger charge is 2.23. The van der Waals surface area contributed by atoms with Gasteiger partial charge in [-0.3, -0.25) is 10.2 Å². The third-order valence-corrected chi connectivity index (χ3v) is 4.43. The largest absolute Gasteiger partial charge is 0.494 e. The molecule has 0 unspecified atom stereocenters. The summed E-state index contributed by atoms with van der Waals surface area (Å²) in [5, 5.41) is 4.23. The number of nitrogens with one attached hydrogen (secondary N) is 1. The molecule has 3 aromatic carbocycles. The number of carbonyl (C=O) groups is 1. The molecule has 0 spiro atoms. The molecule has 0 radical (unpaired) electrons. The molecular formula is C24H19N3O4. The molecule has 0 aliphatic heterocycles. The summed E-state index contributed by atoms with van der Waals surface area (Å²) >= 11 is 0. The summed E-state index contributed by atoms with van der Waals surface area (Å²) in [5.74, 6) is 0.171. The summed E-state index contributed by atoms with van der Waals surface area (Å²) in [7, 11) is 0. The Hall–Kier alpha value is -4.26. The Morgan fingerprint density at radius 1 is 1.00 bits per heavy atom. The highest BCUT2D eigenvalue weighted by Crippen LogP contribution is 2.16. The van der Waals surface area contributed by atoms with Crippen molar-refractivity contribution in [3.8, 4) is 5.75 Å². The van der Waals surface area contributed by atoms with Gasteiger partial charge in [-0.25, -0.2) is 9.78 Å². The highest BCUT2D eigenvalue weighted by atomic mass is 16.5. The van der Waals surface area contributed by atoms with E-state index in [4.69, 9.17) is 9.15 Å². The summed E-state index contributed by atoms with van der Waals surface area (Å²) in [6.07, 6.45) is 0. The first-order valence-corrected chi connectivity index (χ1v) is 9.72. The average Bonchev–Trinajstić information content (AvgIpc) is 2.80. The van der Waals surface area contributed by atoms with Crippen LogP contribution >= 0.6 is 0 Å². The molecule has 0 aliphatic rings. The van der Waals surface area contributed by atoms with Gasteiger partial charge in [0.05, 0.1) is 12.3 Å². The molecule has 1 N–H and O–H groups in total. The molecule has 0 aliphatic carbocycles. The van der Waals surface area contributed by atoms with Crippen LogP contribution in [0.15, 0.2) is 93.2 Å². The number of benzene rings is 3. The Morgan fingerprint density at radius 2 is 1.71 bits per heavy atom. The average molecular weight is 413 g/mol. The Kier molecular flexibility index (Phi) is 5.84. The van der Waals surface area contributed by atoms with E-state index in [2.05, 4.69) is 15.5 Å². The molecule has 0 bridgehead atoms. The lowest BCUT2D eigenvalue weighted by Crippen LogP contribution is -2.26. The maximum Gasteiger partial charge on any atom is 0.364 e. The zero-order chi connectivity index (χ0) is 21.6. The Morgan fingerprint density at radius 3 is 2.45 bits per heavy atom. The molecule has 1 heterocycles. The molecule has 7 nitrogen and oxygen atoms in total. The van der Waals surface area contributed by atoms with E-state index in [9.17, 15) is 9.59 Å². The van der Waals surface area contributed by atoms with Crippen LogP contribution in [0.2, 0.25) is 0 Å². The molecule has 0 atom stereocenters. The van der Waals surface area contributed by atoms with Crippen molar-refractivity contribution >= 4 is 28.3 Å². The predicted octanol–water partition coefficient (Wildman–Crippen LogP) is 4.29. The molecule has 1 aromatic heterocycles. The van der Waals surface area contributed by atoms with Crippen molar-refractivity contribution in [2.45, 2.75) is 6.92 Å². The van der Waals surface area contributed by atoms with Gasteiger partial charge < -0.3 is 9.15 Å². The second-order valence-corrected chi connectivity index (χ2v) is 6.54. The second kappa shape index (κ2) is 9.04. The topological polar surface area (TPSA) is 93.8 Å². The van der Waals surface area contributed by atoms with Gasteiger partial charge in [0.2, 0.25) is 5.78 Å². The van der Waals surface area contributed by atoms with Gasteiger partial charge in [-0.1, -0.05) is 30.3 Å². The van der Waals surface area contributed by atoms with E-state index in [0.717, 1.165) is 0 Å². The minimum Gasteiger partial charge on any atom is -0.494 e. The van der Waals surface area contributed by atoms with Crippen molar-refractivity contribution in [2.75, 3.05) is 12.0 Å². The zero-order valence-corrected chi connectivity index (χ0v) is 16.7. The predicted molar refractivity (Wildman–Crippen MR) is 119 cm³/mol. The van der Waals surface area contributed by atoms with Gasteiger partial charge in [0.15, 0.2) is 17.0 Å². The van der Waals surface area contributed by atoms with Gasteiger partial charge in [-0.05, 0) is 55.5 Å². The number of anilines is 1. The fraction of sp³-hybridized carbons (Fsp3) is 0.0833. The highest BCUT2D eigenvalue weighted by molar-refractivity contribution is 6.51. The number of rotatable bonds is 7. The SMILES string of the molecule is CCOc1ccc(C(=O)/C(=N\Nc2ccccc2)c2nc3ccccc3oc2=O)cc1. The fourth-order valence-corrected chi connectivity index (χ4v) is 2.95. The van der Waals surface area contributed by atoms with Crippen molar-refractivity contribution in [1.29, 1.82) is 0 Å². The molecule has 4 aromatic rings. The van der Waals surface area contributed by atoms with E-state index >= 15 is 0 Å². The number of carbonyl (C=O) groups excluding carboxylic acids is 1. The maximum atomic E-state index is 13.3. The standard InChI is InChI=1S/C24H19N3O4/c1-2-30-18-14-12-16(13-15-18)23(28)21(27-26-17-8-4-3-5-9-17)22-24(29)31-20-11-7-6-10-19(20)25-22/h3-15,26H,2H2,1H3/b27-21-. The van der Waals surface area contributed by atoms with Crippen LogP contribution in [-0.4, -0.2) is 23.1 Å². The summed E-state index contributed by atoms with van der Waals surface area (Å²) in [6.45, 7) is 2.40. The third kappa shape index (κ3) is 4.51. The van der Waals surface area contributed by atoms with Gasteiger partial charge in [0.25, 0.3) is 0 Å². The maximum absolute atomic E-state index is 13.3. The summed E-state index contributed by atoms with van der Waals surface area (Å²) in [6, 6.07) is 22.6. The Balaban J connectivity index is 1.78. The van der Waals surface area contributed by atoms with Crippen LogP contribution in [0.1, 0.15) is 23.0 Å². The third-order valence-electron chi connectivity index (χ3n) is 4.43.